The molecular weight excluding hydrogens is 582 g/mol. The van der Waals surface area contributed by atoms with E-state index in [0.29, 0.717) is 24.3 Å². The average molecular weight is 636 g/mol. The predicted octanol–water partition coefficient (Wildman–Crippen LogP) is 5.70. The number of carbonyl (C=O) groups is 1. The summed E-state index contributed by atoms with van der Waals surface area (Å²) in [6.45, 7) is 14.8. The van der Waals surface area contributed by atoms with Crippen LogP contribution in [0.1, 0.15) is 82.6 Å². The largest absolute Gasteiger partial charge is 0.465 e. The van der Waals surface area contributed by atoms with Crippen molar-refractivity contribution in [3.05, 3.63) is 66.3 Å². The maximum atomic E-state index is 11.8. The van der Waals surface area contributed by atoms with E-state index < -0.39 is 0 Å². The molecule has 9 nitrogen and oxygen atoms in total. The Bertz CT molecular complexity index is 1300. The minimum atomic E-state index is -0.183. The molecule has 0 bridgehead atoms. The van der Waals surface area contributed by atoms with Gasteiger partial charge in [-0.25, -0.2) is 9.97 Å². The molecule has 0 aliphatic carbocycles. The summed E-state index contributed by atoms with van der Waals surface area (Å²) in [6.07, 6.45) is 16.3. The zero-order chi connectivity index (χ0) is 31.5. The number of rotatable bonds is 17. The molecule has 1 aromatic carbocycles. The molecule has 1 unspecified atom stereocenters. The molecule has 5 rings (SSSR count). The summed E-state index contributed by atoms with van der Waals surface area (Å²) in [7, 11) is 0. The van der Waals surface area contributed by atoms with Crippen molar-refractivity contribution in [1.82, 2.24) is 34.6 Å². The van der Waals surface area contributed by atoms with Crippen LogP contribution >= 0.6 is 11.8 Å². The number of esters is 1. The monoisotopic (exact) mass is 635 g/mol. The number of nitrogens with zero attached hydrogens (tertiary/aromatic N) is 5. The van der Waals surface area contributed by atoms with E-state index in [0.717, 1.165) is 54.1 Å². The Morgan fingerprint density at radius 2 is 1.91 bits per heavy atom. The van der Waals surface area contributed by atoms with Crippen molar-refractivity contribution in [3.63, 3.8) is 0 Å². The average Bonchev–Trinajstić information content (AvgIpc) is 3.83. The molecule has 246 valence electrons. The van der Waals surface area contributed by atoms with Gasteiger partial charge in [-0.2, -0.15) is 0 Å². The Kier molecular flexibility index (Phi) is 12.6. The number of carbonyl (C=O) groups excluding carboxylic acids is 1. The van der Waals surface area contributed by atoms with Gasteiger partial charge in [0.25, 0.3) is 0 Å². The second-order valence-electron chi connectivity index (χ2n) is 12.8. The zero-order valence-corrected chi connectivity index (χ0v) is 28.4. The third-order valence-electron chi connectivity index (χ3n) is 9.86. The van der Waals surface area contributed by atoms with E-state index in [4.69, 9.17) is 9.72 Å². The van der Waals surface area contributed by atoms with E-state index in [1.807, 2.05) is 37.6 Å². The first-order valence-corrected chi connectivity index (χ1v) is 18.1. The highest BCUT2D eigenvalue weighted by atomic mass is 32.2. The van der Waals surface area contributed by atoms with Gasteiger partial charge >= 0.3 is 5.97 Å². The number of hydrogen-bond donors (Lipinski definition) is 2. The van der Waals surface area contributed by atoms with Gasteiger partial charge in [0.05, 0.1) is 18.4 Å². The zero-order valence-electron chi connectivity index (χ0n) is 27.5. The van der Waals surface area contributed by atoms with E-state index in [-0.39, 0.29) is 12.0 Å². The van der Waals surface area contributed by atoms with Crippen LogP contribution in [0.5, 0.6) is 0 Å². The molecule has 0 radical (unpaired) electrons. The van der Waals surface area contributed by atoms with E-state index in [9.17, 15) is 4.79 Å². The first-order valence-electron chi connectivity index (χ1n) is 17.1. The summed E-state index contributed by atoms with van der Waals surface area (Å²) in [4.78, 5) is 31.0. The standard InChI is InChI=1S/C35H53N7O2S/c1-4-29(5-2)41-20-12-35(13-21-41)11-19-40(27-35)17-8-18-42-22-16-36-32(42)24-31(34-37-14-15-38-34)39-25-28-9-7-10-30(23-28)45-26-33(43)44-6-3/h7,9-10,14-16,22-23,29,31,39H,4-6,8,11-13,17-21,24-27H2,1-3H3,(H,37,38). The Labute approximate surface area is 273 Å². The molecule has 2 fully saturated rings. The van der Waals surface area contributed by atoms with Crippen LogP contribution in [-0.2, 0) is 29.0 Å². The molecule has 45 heavy (non-hydrogen) atoms. The van der Waals surface area contributed by atoms with Crippen molar-refractivity contribution < 1.29 is 9.53 Å². The molecule has 2 aliphatic rings. The fraction of sp³-hybridized carbons (Fsp3) is 0.629. The minimum Gasteiger partial charge on any atom is -0.465 e. The third-order valence-corrected chi connectivity index (χ3v) is 10.8. The number of aryl methyl sites for hydroxylation is 1. The number of aromatic amines is 1. The summed E-state index contributed by atoms with van der Waals surface area (Å²) in [6, 6.07) is 9.09. The van der Waals surface area contributed by atoms with Gasteiger partial charge in [0, 0.05) is 61.8 Å². The first-order chi connectivity index (χ1) is 22.0. The quantitative estimate of drug-likeness (QED) is 0.144. The highest BCUT2D eigenvalue weighted by Crippen LogP contribution is 2.41. The number of benzene rings is 1. The van der Waals surface area contributed by atoms with Crippen molar-refractivity contribution in [2.24, 2.45) is 5.41 Å². The van der Waals surface area contributed by atoms with E-state index in [2.05, 4.69) is 61.8 Å². The number of likely N-dealkylation sites (tertiary alicyclic amines) is 2. The number of ether oxygens (including phenoxy) is 1. The summed E-state index contributed by atoms with van der Waals surface area (Å²) in [5.41, 5.74) is 1.71. The lowest BCUT2D eigenvalue weighted by molar-refractivity contribution is -0.139. The van der Waals surface area contributed by atoms with Crippen molar-refractivity contribution in [1.29, 1.82) is 0 Å². The molecule has 1 spiro atoms. The number of nitrogens with one attached hydrogen (secondary N) is 2. The Balaban J connectivity index is 1.10. The third kappa shape index (κ3) is 9.44. The van der Waals surface area contributed by atoms with Gasteiger partial charge in [-0.05, 0) is 94.7 Å². The summed E-state index contributed by atoms with van der Waals surface area (Å²) >= 11 is 1.51. The highest BCUT2D eigenvalue weighted by molar-refractivity contribution is 8.00. The SMILES string of the molecule is CCOC(=O)CSc1cccc(CNC(Cc2nccn2CCCN2CCC3(CCN(C(CC)CC)CC3)C2)c2ncc[nH]2)c1. The fourth-order valence-corrected chi connectivity index (χ4v) is 8.02. The molecule has 2 aromatic heterocycles. The maximum absolute atomic E-state index is 11.8. The van der Waals surface area contributed by atoms with Gasteiger partial charge in [-0.3, -0.25) is 4.79 Å². The summed E-state index contributed by atoms with van der Waals surface area (Å²) < 4.78 is 7.39. The summed E-state index contributed by atoms with van der Waals surface area (Å²) in [5, 5.41) is 3.71. The van der Waals surface area contributed by atoms with Crippen LogP contribution in [-0.4, -0.2) is 86.4 Å². The van der Waals surface area contributed by atoms with Crippen LogP contribution in [0, 0.1) is 5.41 Å². The van der Waals surface area contributed by atoms with Gasteiger partial charge < -0.3 is 29.4 Å². The number of imidazole rings is 2. The molecule has 0 amide bonds. The lowest BCUT2D eigenvalue weighted by Crippen LogP contribution is -2.45. The van der Waals surface area contributed by atoms with Gasteiger partial charge in [-0.1, -0.05) is 26.0 Å². The maximum Gasteiger partial charge on any atom is 0.316 e. The second-order valence-corrected chi connectivity index (χ2v) is 13.8. The predicted molar refractivity (Wildman–Crippen MR) is 181 cm³/mol. The van der Waals surface area contributed by atoms with Crippen LogP contribution in [0.2, 0.25) is 0 Å². The molecule has 2 N–H and O–H groups in total. The Hall–Kier alpha value is -2.66. The topological polar surface area (TPSA) is 91.3 Å². The smallest absolute Gasteiger partial charge is 0.316 e. The summed E-state index contributed by atoms with van der Waals surface area (Å²) in [5.74, 6) is 2.12. The molecular formula is C35H53N7O2S. The number of thioether (sulfide) groups is 1. The van der Waals surface area contributed by atoms with Crippen molar-refractivity contribution >= 4 is 17.7 Å². The minimum absolute atomic E-state index is 0.00122. The molecule has 2 aliphatic heterocycles. The molecule has 2 saturated heterocycles. The second kappa shape index (κ2) is 16.8. The van der Waals surface area contributed by atoms with Gasteiger partial charge in [-0.15, -0.1) is 11.8 Å². The highest BCUT2D eigenvalue weighted by Gasteiger charge is 2.40. The van der Waals surface area contributed by atoms with E-state index >= 15 is 0 Å². The van der Waals surface area contributed by atoms with Crippen LogP contribution < -0.4 is 5.32 Å². The van der Waals surface area contributed by atoms with Crippen LogP contribution in [0.4, 0.5) is 0 Å². The molecule has 0 saturated carbocycles. The Morgan fingerprint density at radius 1 is 1.09 bits per heavy atom. The van der Waals surface area contributed by atoms with Gasteiger partial charge in [0.1, 0.15) is 11.6 Å². The molecule has 4 heterocycles. The van der Waals surface area contributed by atoms with Crippen molar-refractivity contribution in [2.75, 3.05) is 45.1 Å². The van der Waals surface area contributed by atoms with Crippen molar-refractivity contribution in [2.45, 2.75) is 95.8 Å². The van der Waals surface area contributed by atoms with Crippen molar-refractivity contribution in [3.8, 4) is 0 Å². The van der Waals surface area contributed by atoms with Crippen LogP contribution in [0.15, 0.2) is 53.9 Å². The normalized spacial score (nSPS) is 17.8. The first kappa shape index (κ1) is 33.7. The van der Waals surface area contributed by atoms with Gasteiger partial charge in [0.2, 0.25) is 0 Å². The molecule has 3 aromatic rings. The van der Waals surface area contributed by atoms with Crippen LogP contribution in [0.25, 0.3) is 0 Å². The number of hydrogen-bond acceptors (Lipinski definition) is 8. The van der Waals surface area contributed by atoms with E-state index in [1.165, 1.54) is 70.0 Å². The van der Waals surface area contributed by atoms with Crippen LogP contribution in [0.3, 0.4) is 0 Å². The lowest BCUT2D eigenvalue weighted by atomic mass is 9.77. The fourth-order valence-electron chi connectivity index (χ4n) is 7.24. The number of piperidine rings is 1. The van der Waals surface area contributed by atoms with E-state index in [1.54, 1.807) is 0 Å². The number of aromatic nitrogens is 4. The number of H-pyrrole nitrogens is 1. The molecule has 1 atom stereocenters. The van der Waals surface area contributed by atoms with Gasteiger partial charge in [0.15, 0.2) is 0 Å². The molecule has 10 heteroatoms. The lowest BCUT2D eigenvalue weighted by Gasteiger charge is -2.42. The Morgan fingerprint density at radius 3 is 2.67 bits per heavy atom.